The third-order valence-electron chi connectivity index (χ3n) is 3.45. The first kappa shape index (κ1) is 14.5. The van der Waals surface area contributed by atoms with Crippen LogP contribution in [0.3, 0.4) is 0 Å². The van der Waals surface area contributed by atoms with Crippen LogP contribution in [0.2, 0.25) is 0 Å². The molecule has 1 heterocycles. The Hall–Kier alpha value is -1.88. The lowest BCUT2D eigenvalue weighted by atomic mass is 9.93. The molecule has 0 aromatic heterocycles. The third-order valence-corrected chi connectivity index (χ3v) is 3.45. The maximum Gasteiger partial charge on any atom is 0.235 e. The molecule has 0 aliphatic carbocycles. The zero-order valence-electron chi connectivity index (χ0n) is 12.3. The zero-order chi connectivity index (χ0) is 14.9. The van der Waals surface area contributed by atoms with Crippen LogP contribution < -0.4 is 15.0 Å². The molecule has 0 fully saturated rings. The van der Waals surface area contributed by atoms with E-state index in [0.29, 0.717) is 23.6 Å². The smallest absolute Gasteiger partial charge is 0.235 e. The molecule has 1 aromatic rings. The van der Waals surface area contributed by atoms with Gasteiger partial charge in [0.2, 0.25) is 5.91 Å². The number of ketones is 1. The minimum absolute atomic E-state index is 0.0142. The van der Waals surface area contributed by atoms with Gasteiger partial charge in [-0.2, -0.15) is 0 Å². The first-order valence-corrected chi connectivity index (χ1v) is 6.59. The van der Waals surface area contributed by atoms with Crippen molar-refractivity contribution in [3.63, 3.8) is 0 Å². The van der Waals surface area contributed by atoms with Gasteiger partial charge in [-0.25, -0.2) is 0 Å². The second kappa shape index (κ2) is 5.25. The summed E-state index contributed by atoms with van der Waals surface area (Å²) < 4.78 is 5.71. The van der Waals surface area contributed by atoms with Gasteiger partial charge in [-0.15, -0.1) is 0 Å². The van der Waals surface area contributed by atoms with Crippen LogP contribution in [-0.2, 0) is 4.79 Å². The molecule has 0 unspecified atom stereocenters. The Morgan fingerprint density at radius 2 is 2.15 bits per heavy atom. The molecule has 2 rings (SSSR count). The maximum atomic E-state index is 12.4. The quantitative estimate of drug-likeness (QED) is 0.849. The van der Waals surface area contributed by atoms with Crippen molar-refractivity contribution in [3.05, 3.63) is 23.8 Å². The fraction of sp³-hybridized carbons (Fsp3) is 0.467. The summed E-state index contributed by atoms with van der Waals surface area (Å²) in [4.78, 5) is 25.9. The van der Waals surface area contributed by atoms with Crippen molar-refractivity contribution in [1.29, 1.82) is 0 Å². The molecule has 0 atom stereocenters. The monoisotopic (exact) mass is 276 g/mol. The summed E-state index contributed by atoms with van der Waals surface area (Å²) in [6, 6.07) is 5.20. The summed E-state index contributed by atoms with van der Waals surface area (Å²) in [5, 5.41) is 2.83. The minimum atomic E-state index is -0.580. The summed E-state index contributed by atoms with van der Waals surface area (Å²) in [7, 11) is 3.44. The van der Waals surface area contributed by atoms with Crippen LogP contribution in [0.25, 0.3) is 0 Å². The predicted molar refractivity (Wildman–Crippen MR) is 77.4 cm³/mol. The summed E-state index contributed by atoms with van der Waals surface area (Å²) >= 11 is 0. The van der Waals surface area contributed by atoms with Crippen molar-refractivity contribution in [2.45, 2.75) is 13.8 Å². The van der Waals surface area contributed by atoms with Gasteiger partial charge in [0, 0.05) is 12.6 Å². The number of anilines is 1. The van der Waals surface area contributed by atoms with E-state index in [1.54, 1.807) is 37.2 Å². The molecule has 0 saturated heterocycles. The van der Waals surface area contributed by atoms with E-state index >= 15 is 0 Å². The third kappa shape index (κ3) is 2.54. The van der Waals surface area contributed by atoms with Crippen LogP contribution in [0.4, 0.5) is 5.69 Å². The van der Waals surface area contributed by atoms with Gasteiger partial charge >= 0.3 is 0 Å². The number of benzene rings is 1. The standard InChI is InChI=1S/C15H20N2O3/c1-15(2)9-20-13-6-5-10(12(18)8-16-3)7-11(13)17(4)14(15)19/h5-7,16H,8-9H2,1-4H3. The number of nitrogens with zero attached hydrogens (tertiary/aromatic N) is 1. The second-order valence-electron chi connectivity index (χ2n) is 5.67. The van der Waals surface area contributed by atoms with Crippen LogP contribution in [0.15, 0.2) is 18.2 Å². The first-order chi connectivity index (χ1) is 9.36. The van der Waals surface area contributed by atoms with Crippen LogP contribution in [0.5, 0.6) is 5.75 Å². The highest BCUT2D eigenvalue weighted by Crippen LogP contribution is 2.36. The Labute approximate surface area is 118 Å². The number of carbonyl (C=O) groups is 2. The Morgan fingerprint density at radius 1 is 1.45 bits per heavy atom. The van der Waals surface area contributed by atoms with Crippen molar-refractivity contribution in [1.82, 2.24) is 5.32 Å². The number of nitrogens with one attached hydrogen (secondary N) is 1. The molecule has 5 nitrogen and oxygen atoms in total. The second-order valence-corrected chi connectivity index (χ2v) is 5.67. The summed E-state index contributed by atoms with van der Waals surface area (Å²) in [6.07, 6.45) is 0. The predicted octanol–water partition coefficient (Wildman–Crippen LogP) is 1.47. The Kier molecular flexibility index (Phi) is 3.81. The van der Waals surface area contributed by atoms with E-state index in [-0.39, 0.29) is 18.2 Å². The number of rotatable bonds is 3. The minimum Gasteiger partial charge on any atom is -0.490 e. The van der Waals surface area contributed by atoms with Crippen LogP contribution in [0, 0.1) is 5.41 Å². The SMILES string of the molecule is CNCC(=O)c1ccc2c(c1)N(C)C(=O)C(C)(C)CO2. The topological polar surface area (TPSA) is 58.6 Å². The van der Waals surface area contributed by atoms with Crippen LogP contribution in [-0.4, -0.2) is 38.9 Å². The average Bonchev–Trinajstić information content (AvgIpc) is 2.50. The normalized spacial score (nSPS) is 17.2. The van der Waals surface area contributed by atoms with E-state index in [2.05, 4.69) is 5.32 Å². The molecular weight excluding hydrogens is 256 g/mol. The van der Waals surface area contributed by atoms with Gasteiger partial charge in [0.05, 0.1) is 17.6 Å². The van der Waals surface area contributed by atoms with Gasteiger partial charge in [-0.05, 0) is 39.1 Å². The van der Waals surface area contributed by atoms with Gasteiger partial charge < -0.3 is 15.0 Å². The number of hydrogen-bond acceptors (Lipinski definition) is 4. The number of ether oxygens (including phenoxy) is 1. The number of likely N-dealkylation sites (N-methyl/N-ethyl adjacent to an activating group) is 1. The molecular formula is C15H20N2O3. The fourth-order valence-electron chi connectivity index (χ4n) is 2.22. The average molecular weight is 276 g/mol. The van der Waals surface area contributed by atoms with Gasteiger partial charge in [-0.3, -0.25) is 9.59 Å². The molecule has 1 aliphatic rings. The van der Waals surface area contributed by atoms with Crippen molar-refractivity contribution in [3.8, 4) is 5.75 Å². The molecule has 5 heteroatoms. The Bertz CT molecular complexity index is 552. The lowest BCUT2D eigenvalue weighted by Gasteiger charge is -2.24. The summed E-state index contributed by atoms with van der Waals surface area (Å²) in [5.41, 5.74) is 0.631. The highest BCUT2D eigenvalue weighted by atomic mass is 16.5. The van der Waals surface area contributed by atoms with Gasteiger partial charge in [0.1, 0.15) is 12.4 Å². The first-order valence-electron chi connectivity index (χ1n) is 6.59. The highest BCUT2D eigenvalue weighted by Gasteiger charge is 2.36. The fourth-order valence-corrected chi connectivity index (χ4v) is 2.22. The van der Waals surface area contributed by atoms with E-state index in [9.17, 15) is 9.59 Å². The number of Topliss-reactive ketones (excluding diaryl/α,β-unsaturated/α-hetero) is 1. The zero-order valence-corrected chi connectivity index (χ0v) is 12.3. The molecule has 1 N–H and O–H groups in total. The van der Waals surface area contributed by atoms with Crippen molar-refractivity contribution in [2.24, 2.45) is 5.41 Å². The molecule has 0 spiro atoms. The van der Waals surface area contributed by atoms with Crippen molar-refractivity contribution < 1.29 is 14.3 Å². The van der Waals surface area contributed by atoms with Crippen LogP contribution in [0.1, 0.15) is 24.2 Å². The van der Waals surface area contributed by atoms with E-state index in [4.69, 9.17) is 4.74 Å². The number of carbonyl (C=O) groups excluding carboxylic acids is 2. The molecule has 20 heavy (non-hydrogen) atoms. The van der Waals surface area contributed by atoms with E-state index in [1.807, 2.05) is 13.8 Å². The number of hydrogen-bond donors (Lipinski definition) is 1. The molecule has 1 aromatic carbocycles. The molecule has 1 amide bonds. The highest BCUT2D eigenvalue weighted by molar-refractivity contribution is 6.02. The molecule has 1 aliphatic heterocycles. The van der Waals surface area contributed by atoms with E-state index in [1.165, 1.54) is 0 Å². The number of fused-ring (bicyclic) bond motifs is 1. The molecule has 108 valence electrons. The molecule has 0 radical (unpaired) electrons. The van der Waals surface area contributed by atoms with Crippen molar-refractivity contribution in [2.75, 3.05) is 32.1 Å². The Balaban J connectivity index is 2.42. The lowest BCUT2D eigenvalue weighted by molar-refractivity contribution is -0.127. The molecule has 0 bridgehead atoms. The van der Waals surface area contributed by atoms with Gasteiger partial charge in [-0.1, -0.05) is 0 Å². The van der Waals surface area contributed by atoms with Crippen molar-refractivity contribution >= 4 is 17.4 Å². The largest absolute Gasteiger partial charge is 0.490 e. The van der Waals surface area contributed by atoms with E-state index < -0.39 is 5.41 Å². The number of amides is 1. The maximum absolute atomic E-state index is 12.4. The summed E-state index contributed by atoms with van der Waals surface area (Å²) in [6.45, 7) is 4.30. The van der Waals surface area contributed by atoms with Gasteiger partial charge in [0.15, 0.2) is 5.78 Å². The van der Waals surface area contributed by atoms with E-state index in [0.717, 1.165) is 0 Å². The van der Waals surface area contributed by atoms with Crippen LogP contribution >= 0.6 is 0 Å². The molecule has 0 saturated carbocycles. The summed E-state index contributed by atoms with van der Waals surface area (Å²) in [5.74, 6) is 0.599. The lowest BCUT2D eigenvalue weighted by Crippen LogP contribution is -2.39. The Morgan fingerprint density at radius 3 is 2.80 bits per heavy atom. The van der Waals surface area contributed by atoms with Gasteiger partial charge in [0.25, 0.3) is 0 Å².